The van der Waals surface area contributed by atoms with Crippen LogP contribution in [0.2, 0.25) is 0 Å². The maximum absolute atomic E-state index is 12.5. The second kappa shape index (κ2) is 4.69. The van der Waals surface area contributed by atoms with Crippen LogP contribution in [0.15, 0.2) is 42.5 Å². The van der Waals surface area contributed by atoms with Crippen LogP contribution in [0.25, 0.3) is 11.0 Å². The number of hydrogen-bond acceptors (Lipinski definition) is 3. The maximum Gasteiger partial charge on any atom is 0.416 e. The molecule has 106 valence electrons. The van der Waals surface area contributed by atoms with Crippen molar-refractivity contribution >= 4 is 16.8 Å². The van der Waals surface area contributed by atoms with Crippen LogP contribution in [-0.2, 0) is 6.18 Å². The fraction of sp³-hybridized carbons (Fsp3) is 0.0714. The number of H-pyrrole nitrogens is 1. The third-order valence-electron chi connectivity index (χ3n) is 3.07. The van der Waals surface area contributed by atoms with E-state index in [1.54, 1.807) is 18.2 Å². The molecule has 7 heteroatoms. The number of nitrogens with one attached hydrogen (secondary N) is 1. The van der Waals surface area contributed by atoms with Gasteiger partial charge in [-0.2, -0.15) is 28.6 Å². The van der Waals surface area contributed by atoms with Crippen LogP contribution >= 0.6 is 0 Å². The zero-order valence-corrected chi connectivity index (χ0v) is 10.5. The van der Waals surface area contributed by atoms with E-state index in [0.717, 1.165) is 24.3 Å². The average molecular weight is 291 g/mol. The van der Waals surface area contributed by atoms with E-state index in [1.165, 1.54) is 0 Å². The Hall–Kier alpha value is -2.70. The zero-order valence-electron chi connectivity index (χ0n) is 10.5. The Bertz CT molecular complexity index is 806. The van der Waals surface area contributed by atoms with E-state index in [2.05, 4.69) is 15.4 Å². The van der Waals surface area contributed by atoms with Crippen molar-refractivity contribution in [3.63, 3.8) is 0 Å². The lowest BCUT2D eigenvalue weighted by atomic mass is 10.0. The molecule has 2 aromatic carbocycles. The number of fused-ring (bicyclic) bond motifs is 1. The number of rotatable bonds is 2. The monoisotopic (exact) mass is 291 g/mol. The molecule has 0 unspecified atom stereocenters. The highest BCUT2D eigenvalue weighted by Crippen LogP contribution is 2.29. The Morgan fingerprint density at radius 3 is 2.38 bits per heavy atom. The number of carbonyl (C=O) groups is 1. The summed E-state index contributed by atoms with van der Waals surface area (Å²) in [4.78, 5) is 12.4. The second-order valence-electron chi connectivity index (χ2n) is 4.40. The van der Waals surface area contributed by atoms with Gasteiger partial charge in [-0.15, -0.1) is 0 Å². The number of carbonyl (C=O) groups excluding carboxylic acids is 1. The quantitative estimate of drug-likeness (QED) is 0.738. The average Bonchev–Trinajstić information content (AvgIpc) is 2.94. The molecule has 0 aliphatic carbocycles. The Balaban J connectivity index is 2.01. The van der Waals surface area contributed by atoms with Gasteiger partial charge in [0.05, 0.1) is 11.1 Å². The standard InChI is InChI=1S/C14H8F3N3O/c15-14(16,17)9-6-4-8(5-7-9)13(21)10-2-1-3-11-12(10)19-20-18-11/h1-7H,(H,18,19,20). The fourth-order valence-corrected chi connectivity index (χ4v) is 2.02. The summed E-state index contributed by atoms with van der Waals surface area (Å²) in [5, 5.41) is 10.2. The van der Waals surface area contributed by atoms with Crippen molar-refractivity contribution < 1.29 is 18.0 Å². The summed E-state index contributed by atoms with van der Waals surface area (Å²) >= 11 is 0. The van der Waals surface area contributed by atoms with Gasteiger partial charge in [-0.05, 0) is 24.3 Å². The molecule has 1 aromatic heterocycles. The number of halogens is 3. The molecule has 0 amide bonds. The van der Waals surface area contributed by atoms with E-state index in [-0.39, 0.29) is 5.56 Å². The lowest BCUT2D eigenvalue weighted by Gasteiger charge is -2.07. The molecule has 4 nitrogen and oxygen atoms in total. The fourth-order valence-electron chi connectivity index (χ4n) is 2.02. The Morgan fingerprint density at radius 2 is 1.71 bits per heavy atom. The van der Waals surface area contributed by atoms with Crippen LogP contribution in [0.4, 0.5) is 13.2 Å². The first-order valence-corrected chi connectivity index (χ1v) is 5.98. The van der Waals surface area contributed by atoms with Crippen LogP contribution in [0.3, 0.4) is 0 Å². The summed E-state index contributed by atoms with van der Waals surface area (Å²) in [6.45, 7) is 0. The molecule has 0 radical (unpaired) electrons. The number of nitrogens with zero attached hydrogens (tertiary/aromatic N) is 2. The Labute approximate surface area is 116 Å². The minimum absolute atomic E-state index is 0.165. The number of benzene rings is 2. The van der Waals surface area contributed by atoms with E-state index in [9.17, 15) is 18.0 Å². The van der Waals surface area contributed by atoms with Gasteiger partial charge < -0.3 is 0 Å². The molecule has 3 aromatic rings. The van der Waals surface area contributed by atoms with Crippen molar-refractivity contribution in [2.24, 2.45) is 0 Å². The summed E-state index contributed by atoms with van der Waals surface area (Å²) in [6.07, 6.45) is -4.42. The van der Waals surface area contributed by atoms with Crippen LogP contribution in [0.5, 0.6) is 0 Å². The summed E-state index contributed by atoms with van der Waals surface area (Å²) in [5.41, 5.74) is 0.577. The van der Waals surface area contributed by atoms with Crippen LogP contribution in [0, 0.1) is 0 Å². The molecule has 21 heavy (non-hydrogen) atoms. The van der Waals surface area contributed by atoms with Crippen LogP contribution in [-0.4, -0.2) is 21.2 Å². The van der Waals surface area contributed by atoms with Crippen molar-refractivity contribution in [2.45, 2.75) is 6.18 Å². The van der Waals surface area contributed by atoms with Gasteiger partial charge in [0.25, 0.3) is 0 Å². The molecular weight excluding hydrogens is 283 g/mol. The van der Waals surface area contributed by atoms with Crippen molar-refractivity contribution in [1.82, 2.24) is 15.4 Å². The van der Waals surface area contributed by atoms with Gasteiger partial charge >= 0.3 is 6.18 Å². The third kappa shape index (κ3) is 2.37. The highest BCUT2D eigenvalue weighted by Gasteiger charge is 2.30. The number of aromatic nitrogens is 3. The maximum atomic E-state index is 12.5. The summed E-state index contributed by atoms with van der Waals surface area (Å²) in [7, 11) is 0. The molecule has 0 aliphatic heterocycles. The van der Waals surface area contributed by atoms with E-state index >= 15 is 0 Å². The molecule has 0 saturated heterocycles. The number of para-hydroxylation sites is 1. The van der Waals surface area contributed by atoms with Crippen LogP contribution < -0.4 is 0 Å². The number of alkyl halides is 3. The first-order valence-electron chi connectivity index (χ1n) is 5.98. The van der Waals surface area contributed by atoms with Crippen molar-refractivity contribution in [3.8, 4) is 0 Å². The highest BCUT2D eigenvalue weighted by atomic mass is 19.4. The third-order valence-corrected chi connectivity index (χ3v) is 3.07. The van der Waals surface area contributed by atoms with Crippen LogP contribution in [0.1, 0.15) is 21.5 Å². The molecule has 0 spiro atoms. The molecule has 0 fully saturated rings. The molecule has 1 heterocycles. The number of aromatic amines is 1. The summed E-state index contributed by atoms with van der Waals surface area (Å²) in [6, 6.07) is 8.97. The summed E-state index contributed by atoms with van der Waals surface area (Å²) in [5.74, 6) is -0.400. The molecule has 1 N–H and O–H groups in total. The smallest absolute Gasteiger partial charge is 0.289 e. The normalized spacial score (nSPS) is 11.8. The lowest BCUT2D eigenvalue weighted by molar-refractivity contribution is -0.137. The minimum Gasteiger partial charge on any atom is -0.289 e. The minimum atomic E-state index is -4.42. The SMILES string of the molecule is O=C(c1ccc(C(F)(F)F)cc1)c1cccc2n[nH]nc12. The molecule has 0 aliphatic rings. The number of hydrogen-bond donors (Lipinski definition) is 1. The van der Waals surface area contributed by atoms with Crippen molar-refractivity contribution in [2.75, 3.05) is 0 Å². The first kappa shape index (κ1) is 13.3. The zero-order chi connectivity index (χ0) is 15.0. The lowest BCUT2D eigenvalue weighted by Crippen LogP contribution is -2.07. The summed E-state index contributed by atoms with van der Waals surface area (Å²) < 4.78 is 37.5. The van der Waals surface area contributed by atoms with E-state index in [1.807, 2.05) is 0 Å². The number of ketones is 1. The van der Waals surface area contributed by atoms with Crippen molar-refractivity contribution in [1.29, 1.82) is 0 Å². The topological polar surface area (TPSA) is 58.6 Å². The molecular formula is C14H8F3N3O. The van der Waals surface area contributed by atoms with E-state index in [0.29, 0.717) is 16.6 Å². The van der Waals surface area contributed by atoms with Gasteiger partial charge in [0.15, 0.2) is 5.78 Å². The molecule has 0 saturated carbocycles. The molecule has 0 bridgehead atoms. The Morgan fingerprint density at radius 1 is 1.00 bits per heavy atom. The van der Waals surface area contributed by atoms with Gasteiger partial charge in [-0.1, -0.05) is 18.2 Å². The van der Waals surface area contributed by atoms with Gasteiger partial charge in [-0.25, -0.2) is 0 Å². The highest BCUT2D eigenvalue weighted by molar-refractivity contribution is 6.15. The van der Waals surface area contributed by atoms with Crippen molar-refractivity contribution in [3.05, 3.63) is 59.2 Å². The predicted molar refractivity (Wildman–Crippen MR) is 68.8 cm³/mol. The van der Waals surface area contributed by atoms with E-state index in [4.69, 9.17) is 0 Å². The van der Waals surface area contributed by atoms with E-state index < -0.39 is 17.5 Å². The molecule has 0 atom stereocenters. The van der Waals surface area contributed by atoms with Gasteiger partial charge in [-0.3, -0.25) is 4.79 Å². The first-order chi connectivity index (χ1) is 9.97. The van der Waals surface area contributed by atoms with Gasteiger partial charge in [0.2, 0.25) is 0 Å². The predicted octanol–water partition coefficient (Wildman–Crippen LogP) is 3.21. The van der Waals surface area contributed by atoms with Gasteiger partial charge in [0.1, 0.15) is 11.0 Å². The molecule has 3 rings (SSSR count). The second-order valence-corrected chi connectivity index (χ2v) is 4.40. The van der Waals surface area contributed by atoms with Gasteiger partial charge in [0, 0.05) is 5.56 Å². The largest absolute Gasteiger partial charge is 0.416 e. The Kier molecular flexibility index (Phi) is 2.97.